The minimum atomic E-state index is -0.536. The van der Waals surface area contributed by atoms with Crippen LogP contribution in [0.25, 0.3) is 0 Å². The first-order valence-corrected chi connectivity index (χ1v) is 5.98. The number of hydrogen-bond acceptors (Lipinski definition) is 3. The summed E-state index contributed by atoms with van der Waals surface area (Å²) in [4.78, 5) is 11.3. The van der Waals surface area contributed by atoms with E-state index in [0.29, 0.717) is 12.3 Å². The third kappa shape index (κ3) is 3.86. The normalized spacial score (nSPS) is 14.1. The van der Waals surface area contributed by atoms with Gasteiger partial charge in [0, 0.05) is 0 Å². The van der Waals surface area contributed by atoms with Crippen molar-refractivity contribution in [3.8, 4) is 0 Å². The first-order chi connectivity index (χ1) is 8.08. The van der Waals surface area contributed by atoms with Crippen LogP contribution >= 0.6 is 0 Å². The summed E-state index contributed by atoms with van der Waals surface area (Å²) in [5.74, 6) is -0.0275. The number of ether oxygens (including phenoxy) is 1. The highest BCUT2D eigenvalue weighted by Crippen LogP contribution is 2.24. The molecule has 0 spiro atoms. The van der Waals surface area contributed by atoms with E-state index < -0.39 is 6.04 Å². The fraction of sp³-hybridized carbons (Fsp3) is 0.500. The molecule has 0 radical (unpaired) electrons. The number of benzene rings is 1. The molecule has 2 unspecified atom stereocenters. The van der Waals surface area contributed by atoms with Crippen LogP contribution in [0.3, 0.4) is 0 Å². The van der Waals surface area contributed by atoms with Crippen molar-refractivity contribution < 1.29 is 9.53 Å². The van der Waals surface area contributed by atoms with Gasteiger partial charge in [-0.2, -0.15) is 0 Å². The monoisotopic (exact) mass is 235 g/mol. The van der Waals surface area contributed by atoms with Gasteiger partial charge in [0.15, 0.2) is 0 Å². The second-order valence-corrected chi connectivity index (χ2v) is 4.38. The number of nitrogens with two attached hydrogens (primary N) is 1. The van der Waals surface area contributed by atoms with Crippen LogP contribution in [0.5, 0.6) is 0 Å². The van der Waals surface area contributed by atoms with Crippen LogP contribution in [0, 0.1) is 6.92 Å². The number of aryl methyl sites for hydroxylation is 1. The SMILES string of the molecule is CCC(CC(N)C(=O)OC)c1ccc(C)cc1. The van der Waals surface area contributed by atoms with Crippen LogP contribution in [0.15, 0.2) is 24.3 Å². The minimum absolute atomic E-state index is 0.310. The first kappa shape index (κ1) is 13.7. The molecule has 0 aromatic heterocycles. The Morgan fingerprint density at radius 1 is 1.35 bits per heavy atom. The van der Waals surface area contributed by atoms with Crippen LogP contribution in [0.1, 0.15) is 36.8 Å². The van der Waals surface area contributed by atoms with Crippen molar-refractivity contribution in [1.29, 1.82) is 0 Å². The summed E-state index contributed by atoms with van der Waals surface area (Å²) in [7, 11) is 1.37. The van der Waals surface area contributed by atoms with Gasteiger partial charge in [-0.15, -0.1) is 0 Å². The van der Waals surface area contributed by atoms with Gasteiger partial charge in [-0.25, -0.2) is 0 Å². The summed E-state index contributed by atoms with van der Waals surface area (Å²) in [5.41, 5.74) is 8.27. The van der Waals surface area contributed by atoms with Crippen molar-refractivity contribution in [2.24, 2.45) is 5.73 Å². The van der Waals surface area contributed by atoms with E-state index in [4.69, 9.17) is 5.73 Å². The van der Waals surface area contributed by atoms with Gasteiger partial charge in [-0.1, -0.05) is 36.8 Å². The summed E-state index contributed by atoms with van der Waals surface area (Å²) in [5, 5.41) is 0. The van der Waals surface area contributed by atoms with Gasteiger partial charge in [0.1, 0.15) is 6.04 Å². The molecule has 1 aromatic rings. The molecule has 0 heterocycles. The predicted octanol–water partition coefficient (Wildman–Crippen LogP) is 2.38. The Balaban J connectivity index is 2.71. The molecule has 94 valence electrons. The fourth-order valence-corrected chi connectivity index (χ4v) is 1.93. The zero-order valence-electron chi connectivity index (χ0n) is 10.8. The Morgan fingerprint density at radius 2 is 1.94 bits per heavy atom. The number of esters is 1. The highest BCUT2D eigenvalue weighted by atomic mass is 16.5. The summed E-state index contributed by atoms with van der Waals surface area (Å²) in [6, 6.07) is 7.84. The van der Waals surface area contributed by atoms with Gasteiger partial charge in [-0.3, -0.25) is 4.79 Å². The maximum Gasteiger partial charge on any atom is 0.322 e. The lowest BCUT2D eigenvalue weighted by atomic mass is 9.90. The molecular formula is C14H21NO2. The van der Waals surface area contributed by atoms with Crippen LogP contribution in [0.2, 0.25) is 0 Å². The summed E-state index contributed by atoms with van der Waals surface area (Å²) in [6.07, 6.45) is 1.60. The number of rotatable bonds is 5. The largest absolute Gasteiger partial charge is 0.468 e. The van der Waals surface area contributed by atoms with E-state index >= 15 is 0 Å². The van der Waals surface area contributed by atoms with Crippen molar-refractivity contribution >= 4 is 5.97 Å². The molecule has 0 saturated heterocycles. The topological polar surface area (TPSA) is 52.3 Å². The summed E-state index contributed by atoms with van der Waals surface area (Å²) in [6.45, 7) is 4.17. The van der Waals surface area contributed by atoms with Crippen molar-refractivity contribution in [2.45, 2.75) is 38.6 Å². The molecule has 0 aliphatic carbocycles. The number of carbonyl (C=O) groups excluding carboxylic acids is 1. The van der Waals surface area contributed by atoms with Crippen LogP contribution in [0.4, 0.5) is 0 Å². The smallest absolute Gasteiger partial charge is 0.322 e. The lowest BCUT2D eigenvalue weighted by Gasteiger charge is -2.18. The number of hydrogen-bond donors (Lipinski definition) is 1. The Morgan fingerprint density at radius 3 is 2.41 bits per heavy atom. The van der Waals surface area contributed by atoms with E-state index in [2.05, 4.69) is 42.8 Å². The molecular weight excluding hydrogens is 214 g/mol. The molecule has 3 heteroatoms. The molecule has 2 atom stereocenters. The van der Waals surface area contributed by atoms with Gasteiger partial charge < -0.3 is 10.5 Å². The first-order valence-electron chi connectivity index (χ1n) is 5.98. The Bertz CT molecular complexity index is 359. The lowest BCUT2D eigenvalue weighted by molar-refractivity contribution is -0.142. The highest BCUT2D eigenvalue weighted by molar-refractivity contribution is 5.75. The van der Waals surface area contributed by atoms with Crippen LogP contribution in [-0.4, -0.2) is 19.1 Å². The lowest BCUT2D eigenvalue weighted by Crippen LogP contribution is -2.33. The Hall–Kier alpha value is -1.35. The molecule has 1 rings (SSSR count). The van der Waals surface area contributed by atoms with Gasteiger partial charge in [0.2, 0.25) is 0 Å². The molecule has 0 fully saturated rings. The summed E-state index contributed by atoms with van der Waals surface area (Å²) < 4.78 is 4.65. The third-order valence-electron chi connectivity index (χ3n) is 3.08. The van der Waals surface area contributed by atoms with E-state index in [1.165, 1.54) is 18.2 Å². The second kappa shape index (κ2) is 6.40. The van der Waals surface area contributed by atoms with Gasteiger partial charge in [0.05, 0.1) is 7.11 Å². The van der Waals surface area contributed by atoms with Crippen molar-refractivity contribution in [3.63, 3.8) is 0 Å². The van der Waals surface area contributed by atoms with Gasteiger partial charge in [-0.05, 0) is 31.2 Å². The molecule has 0 saturated carbocycles. The fourth-order valence-electron chi connectivity index (χ4n) is 1.93. The molecule has 3 nitrogen and oxygen atoms in total. The Kier molecular flexibility index (Phi) is 5.16. The van der Waals surface area contributed by atoms with Crippen molar-refractivity contribution in [3.05, 3.63) is 35.4 Å². The highest BCUT2D eigenvalue weighted by Gasteiger charge is 2.19. The van der Waals surface area contributed by atoms with Crippen molar-refractivity contribution in [1.82, 2.24) is 0 Å². The maximum absolute atomic E-state index is 11.3. The van der Waals surface area contributed by atoms with Crippen LogP contribution < -0.4 is 5.73 Å². The maximum atomic E-state index is 11.3. The van der Waals surface area contributed by atoms with Gasteiger partial charge >= 0.3 is 5.97 Å². The zero-order chi connectivity index (χ0) is 12.8. The standard InChI is InChI=1S/C14H21NO2/c1-4-11(9-13(15)14(16)17-3)12-7-5-10(2)6-8-12/h5-8,11,13H,4,9,15H2,1-3H3. The molecule has 0 aliphatic rings. The predicted molar refractivity (Wildman–Crippen MR) is 68.8 cm³/mol. The van der Waals surface area contributed by atoms with E-state index in [1.54, 1.807) is 0 Å². The average molecular weight is 235 g/mol. The third-order valence-corrected chi connectivity index (χ3v) is 3.08. The zero-order valence-corrected chi connectivity index (χ0v) is 10.8. The quantitative estimate of drug-likeness (QED) is 0.797. The Labute approximate surface area is 103 Å². The van der Waals surface area contributed by atoms with E-state index in [-0.39, 0.29) is 5.97 Å². The summed E-state index contributed by atoms with van der Waals surface area (Å²) >= 11 is 0. The van der Waals surface area contributed by atoms with Gasteiger partial charge in [0.25, 0.3) is 0 Å². The van der Waals surface area contributed by atoms with Crippen LogP contribution in [-0.2, 0) is 9.53 Å². The average Bonchev–Trinajstić information content (AvgIpc) is 2.35. The van der Waals surface area contributed by atoms with E-state index in [1.807, 2.05) is 0 Å². The van der Waals surface area contributed by atoms with Crippen molar-refractivity contribution in [2.75, 3.05) is 7.11 Å². The number of carbonyl (C=O) groups is 1. The minimum Gasteiger partial charge on any atom is -0.468 e. The molecule has 0 amide bonds. The van der Waals surface area contributed by atoms with E-state index in [0.717, 1.165) is 6.42 Å². The number of methoxy groups -OCH3 is 1. The molecule has 17 heavy (non-hydrogen) atoms. The van der Waals surface area contributed by atoms with E-state index in [9.17, 15) is 4.79 Å². The molecule has 2 N–H and O–H groups in total. The second-order valence-electron chi connectivity index (χ2n) is 4.38. The molecule has 0 aliphatic heterocycles. The molecule has 0 bridgehead atoms. The molecule has 1 aromatic carbocycles.